The minimum atomic E-state index is -0.647. The van der Waals surface area contributed by atoms with Crippen molar-refractivity contribution in [2.24, 2.45) is 0 Å². The lowest BCUT2D eigenvalue weighted by Crippen LogP contribution is -2.40. The van der Waals surface area contributed by atoms with Crippen molar-refractivity contribution in [3.63, 3.8) is 0 Å². The molecule has 6 rings (SSSR count). The smallest absolute Gasteiger partial charge is 0.258 e. The SMILES string of the molecule is O=C(c1cnn(-c2ccccn2)c1)N1CCc2[nH]cnc2[C@H]1c1nc2cc(F)ccc2o1. The highest BCUT2D eigenvalue weighted by atomic mass is 19.1. The van der Waals surface area contributed by atoms with Gasteiger partial charge in [0.1, 0.15) is 11.3 Å². The second-order valence-electron chi connectivity index (χ2n) is 7.44. The molecule has 1 amide bonds. The Morgan fingerprint density at radius 2 is 2.16 bits per heavy atom. The first-order valence-corrected chi connectivity index (χ1v) is 10.0. The summed E-state index contributed by atoms with van der Waals surface area (Å²) in [6, 6.07) is 8.96. The zero-order chi connectivity index (χ0) is 21.7. The number of benzene rings is 1. The minimum Gasteiger partial charge on any atom is -0.438 e. The number of nitrogens with one attached hydrogen (secondary N) is 1. The summed E-state index contributed by atoms with van der Waals surface area (Å²) in [5.41, 5.74) is 2.81. The number of carbonyl (C=O) groups excluding carboxylic acids is 1. The normalized spacial score (nSPS) is 15.8. The number of hydrogen-bond donors (Lipinski definition) is 1. The molecule has 1 atom stereocenters. The van der Waals surface area contributed by atoms with E-state index < -0.39 is 11.9 Å². The quantitative estimate of drug-likeness (QED) is 0.473. The van der Waals surface area contributed by atoms with Gasteiger partial charge in [0.15, 0.2) is 17.4 Å². The molecule has 0 saturated carbocycles. The van der Waals surface area contributed by atoms with Gasteiger partial charge in [-0.25, -0.2) is 24.0 Å². The maximum Gasteiger partial charge on any atom is 0.258 e. The Labute approximate surface area is 180 Å². The number of aromatic nitrogens is 6. The standard InChI is InChI=1S/C22H16FN7O2/c23-14-4-5-17-16(9-14)28-21(32-17)20-19-15(25-12-26-19)6-8-29(20)22(31)13-10-27-30(11-13)18-3-1-2-7-24-18/h1-5,7,9-12,20H,6,8H2,(H,25,26)/t20-/m0/s1. The molecule has 5 aromatic rings. The van der Waals surface area contributed by atoms with Crippen LogP contribution in [0.1, 0.15) is 33.7 Å². The van der Waals surface area contributed by atoms with Gasteiger partial charge in [0.2, 0.25) is 5.89 Å². The van der Waals surface area contributed by atoms with Crippen LogP contribution in [0.5, 0.6) is 0 Å². The summed E-state index contributed by atoms with van der Waals surface area (Å²) in [4.78, 5) is 31.4. The van der Waals surface area contributed by atoms with Gasteiger partial charge in [-0.2, -0.15) is 5.10 Å². The van der Waals surface area contributed by atoms with Crippen LogP contribution in [0.3, 0.4) is 0 Å². The van der Waals surface area contributed by atoms with E-state index in [2.05, 4.69) is 25.0 Å². The summed E-state index contributed by atoms with van der Waals surface area (Å²) in [6.45, 7) is 0.431. The van der Waals surface area contributed by atoms with E-state index in [-0.39, 0.29) is 11.8 Å². The molecular formula is C22H16FN7O2. The van der Waals surface area contributed by atoms with E-state index in [1.54, 1.807) is 34.4 Å². The van der Waals surface area contributed by atoms with Gasteiger partial charge in [-0.05, 0) is 24.3 Å². The molecule has 5 heterocycles. The lowest BCUT2D eigenvalue weighted by atomic mass is 10.0. The summed E-state index contributed by atoms with van der Waals surface area (Å²) in [5, 5.41) is 4.28. The number of rotatable bonds is 3. The van der Waals surface area contributed by atoms with Gasteiger partial charge < -0.3 is 14.3 Å². The first kappa shape index (κ1) is 18.4. The number of hydrogen-bond acceptors (Lipinski definition) is 6. The summed E-state index contributed by atoms with van der Waals surface area (Å²) in [7, 11) is 0. The Balaban J connectivity index is 1.40. The van der Waals surface area contributed by atoms with Crippen molar-refractivity contribution in [1.82, 2.24) is 34.6 Å². The molecule has 0 saturated heterocycles. The fourth-order valence-electron chi connectivity index (χ4n) is 3.99. The van der Waals surface area contributed by atoms with E-state index in [1.807, 2.05) is 12.1 Å². The predicted octanol–water partition coefficient (Wildman–Crippen LogP) is 3.06. The lowest BCUT2D eigenvalue weighted by molar-refractivity contribution is 0.0667. The number of carbonyl (C=O) groups is 1. The molecule has 1 aromatic carbocycles. The predicted molar refractivity (Wildman–Crippen MR) is 110 cm³/mol. The zero-order valence-electron chi connectivity index (χ0n) is 16.6. The summed E-state index contributed by atoms with van der Waals surface area (Å²) >= 11 is 0. The average Bonchev–Trinajstić information content (AvgIpc) is 3.57. The van der Waals surface area contributed by atoms with Crippen molar-refractivity contribution < 1.29 is 13.6 Å². The third-order valence-electron chi connectivity index (χ3n) is 5.50. The molecule has 10 heteroatoms. The number of halogens is 1. The maximum absolute atomic E-state index is 13.7. The van der Waals surface area contributed by atoms with E-state index in [0.717, 1.165) is 5.69 Å². The molecule has 1 aliphatic heterocycles. The van der Waals surface area contributed by atoms with Crippen molar-refractivity contribution in [2.75, 3.05) is 6.54 Å². The molecule has 0 aliphatic carbocycles. The van der Waals surface area contributed by atoms with Gasteiger partial charge >= 0.3 is 0 Å². The molecule has 158 valence electrons. The molecule has 32 heavy (non-hydrogen) atoms. The topological polar surface area (TPSA) is 106 Å². The molecule has 1 aliphatic rings. The number of H-pyrrole nitrogens is 1. The third-order valence-corrected chi connectivity index (χ3v) is 5.50. The van der Waals surface area contributed by atoms with E-state index in [0.29, 0.717) is 41.1 Å². The summed E-state index contributed by atoms with van der Waals surface area (Å²) < 4.78 is 21.1. The van der Waals surface area contributed by atoms with Crippen molar-refractivity contribution in [2.45, 2.75) is 12.5 Å². The highest BCUT2D eigenvalue weighted by molar-refractivity contribution is 5.94. The zero-order valence-corrected chi connectivity index (χ0v) is 16.6. The summed E-state index contributed by atoms with van der Waals surface area (Å²) in [5.74, 6) is 0.247. The van der Waals surface area contributed by atoms with Gasteiger partial charge in [0.25, 0.3) is 5.91 Å². The van der Waals surface area contributed by atoms with E-state index in [1.165, 1.54) is 24.4 Å². The second-order valence-corrected chi connectivity index (χ2v) is 7.44. The summed E-state index contributed by atoms with van der Waals surface area (Å²) in [6.07, 6.45) is 7.01. The van der Waals surface area contributed by atoms with Crippen LogP contribution in [0.4, 0.5) is 4.39 Å². The number of imidazole rings is 1. The monoisotopic (exact) mass is 429 g/mol. The molecule has 4 aromatic heterocycles. The average molecular weight is 429 g/mol. The van der Waals surface area contributed by atoms with Crippen LogP contribution < -0.4 is 0 Å². The lowest BCUT2D eigenvalue weighted by Gasteiger charge is -2.32. The number of pyridine rings is 1. The highest BCUT2D eigenvalue weighted by Crippen LogP contribution is 2.35. The largest absolute Gasteiger partial charge is 0.438 e. The van der Waals surface area contributed by atoms with Crippen LogP contribution >= 0.6 is 0 Å². The minimum absolute atomic E-state index is 0.237. The van der Waals surface area contributed by atoms with Gasteiger partial charge in [-0.3, -0.25) is 4.79 Å². The molecule has 0 unspecified atom stereocenters. The Morgan fingerprint density at radius 1 is 1.22 bits per heavy atom. The molecule has 0 bridgehead atoms. The second kappa shape index (κ2) is 7.12. The van der Waals surface area contributed by atoms with Crippen LogP contribution in [0, 0.1) is 5.82 Å². The number of aromatic amines is 1. The molecule has 0 fully saturated rings. The molecule has 9 nitrogen and oxygen atoms in total. The van der Waals surface area contributed by atoms with Crippen LogP contribution in [-0.4, -0.2) is 47.1 Å². The van der Waals surface area contributed by atoms with Crippen LogP contribution in [0.2, 0.25) is 0 Å². The third kappa shape index (κ3) is 2.96. The molecular weight excluding hydrogens is 413 g/mol. The van der Waals surface area contributed by atoms with Crippen molar-refractivity contribution in [3.05, 3.63) is 90.0 Å². The van der Waals surface area contributed by atoms with Crippen molar-refractivity contribution in [3.8, 4) is 5.82 Å². The fraction of sp³-hybridized carbons (Fsp3) is 0.136. The van der Waals surface area contributed by atoms with E-state index in [9.17, 15) is 9.18 Å². The van der Waals surface area contributed by atoms with Crippen LogP contribution in [0.15, 0.2) is 65.7 Å². The highest BCUT2D eigenvalue weighted by Gasteiger charge is 2.38. The van der Waals surface area contributed by atoms with Crippen LogP contribution in [-0.2, 0) is 6.42 Å². The van der Waals surface area contributed by atoms with Crippen LogP contribution in [0.25, 0.3) is 16.9 Å². The van der Waals surface area contributed by atoms with Crippen molar-refractivity contribution in [1.29, 1.82) is 0 Å². The number of amides is 1. The van der Waals surface area contributed by atoms with E-state index in [4.69, 9.17) is 4.42 Å². The van der Waals surface area contributed by atoms with E-state index >= 15 is 0 Å². The van der Waals surface area contributed by atoms with Gasteiger partial charge in [0.05, 0.1) is 23.8 Å². The van der Waals surface area contributed by atoms with Gasteiger partial charge in [0, 0.05) is 37.1 Å². The first-order valence-electron chi connectivity index (χ1n) is 10.0. The fourth-order valence-corrected chi connectivity index (χ4v) is 3.99. The van der Waals surface area contributed by atoms with Crippen molar-refractivity contribution >= 4 is 17.0 Å². The van der Waals surface area contributed by atoms with Gasteiger partial charge in [-0.15, -0.1) is 0 Å². The maximum atomic E-state index is 13.7. The molecule has 0 spiro atoms. The molecule has 0 radical (unpaired) electrons. The Hall–Kier alpha value is -4.34. The Bertz CT molecular complexity index is 1440. The molecule has 1 N–H and O–H groups in total. The Kier molecular flexibility index (Phi) is 4.10. The first-order chi connectivity index (χ1) is 15.7. The Morgan fingerprint density at radius 3 is 3.03 bits per heavy atom. The van der Waals surface area contributed by atoms with Gasteiger partial charge in [-0.1, -0.05) is 6.07 Å². The number of oxazole rings is 1. The number of nitrogens with zero attached hydrogens (tertiary/aromatic N) is 6. The number of fused-ring (bicyclic) bond motifs is 2.